The molecule has 2 amide bonds. The summed E-state index contributed by atoms with van der Waals surface area (Å²) < 4.78 is 11.0. The maximum absolute atomic E-state index is 13.6. The molecule has 0 unspecified atom stereocenters. The number of anilines is 1. The van der Waals surface area contributed by atoms with Crippen LogP contribution in [0, 0.1) is 0 Å². The van der Waals surface area contributed by atoms with Gasteiger partial charge in [0.1, 0.15) is 5.75 Å². The van der Waals surface area contributed by atoms with E-state index in [1.165, 1.54) is 27.1 Å². The number of urea groups is 1. The molecule has 37 heavy (non-hydrogen) atoms. The number of ether oxygens (including phenoxy) is 2. The summed E-state index contributed by atoms with van der Waals surface area (Å²) in [4.78, 5) is 18.0. The average Bonchev–Trinajstić information content (AvgIpc) is 2.94. The number of carbonyl (C=O) groups is 1. The van der Waals surface area contributed by atoms with Crippen LogP contribution in [0.15, 0.2) is 78.9 Å². The van der Waals surface area contributed by atoms with E-state index in [9.17, 15) is 4.79 Å². The average molecular weight is 498 g/mol. The Kier molecular flexibility index (Phi) is 8.18. The van der Waals surface area contributed by atoms with Crippen molar-refractivity contribution in [2.24, 2.45) is 0 Å². The minimum absolute atomic E-state index is 0.0943. The monoisotopic (exact) mass is 497 g/mol. The van der Waals surface area contributed by atoms with Crippen molar-refractivity contribution in [1.82, 2.24) is 9.80 Å². The van der Waals surface area contributed by atoms with E-state index in [4.69, 9.17) is 9.47 Å². The number of fused-ring (bicyclic) bond motifs is 2. The van der Waals surface area contributed by atoms with Gasteiger partial charge in [0.25, 0.3) is 0 Å². The quantitative estimate of drug-likeness (QED) is 0.282. The van der Waals surface area contributed by atoms with Gasteiger partial charge in [0, 0.05) is 38.4 Å². The Labute approximate surface area is 218 Å². The minimum Gasteiger partial charge on any atom is -0.494 e. The number of hydrogen-bond acceptors (Lipinski definition) is 4. The molecule has 0 bridgehead atoms. The molecule has 5 rings (SSSR count). The molecule has 1 aliphatic heterocycles. The van der Waals surface area contributed by atoms with Crippen molar-refractivity contribution in [3.63, 3.8) is 0 Å². The predicted octanol–water partition coefficient (Wildman–Crippen LogP) is 6.15. The SMILES string of the molecule is CCOc1ccc(NC(=O)N(CCCN2CCOCC2)Cc2c3ccccc3cc3ccccc23)cc1. The summed E-state index contributed by atoms with van der Waals surface area (Å²) >= 11 is 0. The van der Waals surface area contributed by atoms with Crippen LogP contribution < -0.4 is 10.1 Å². The highest BCUT2D eigenvalue weighted by atomic mass is 16.5. The number of nitrogens with one attached hydrogen (secondary N) is 1. The highest BCUT2D eigenvalue weighted by molar-refractivity contribution is 6.02. The van der Waals surface area contributed by atoms with E-state index in [1.54, 1.807) is 0 Å². The van der Waals surface area contributed by atoms with Crippen LogP contribution in [0.4, 0.5) is 10.5 Å². The molecule has 1 aliphatic rings. The largest absolute Gasteiger partial charge is 0.494 e. The lowest BCUT2D eigenvalue weighted by Crippen LogP contribution is -2.40. The summed E-state index contributed by atoms with van der Waals surface area (Å²) in [5.74, 6) is 0.796. The van der Waals surface area contributed by atoms with E-state index >= 15 is 0 Å². The van der Waals surface area contributed by atoms with Crippen molar-refractivity contribution in [2.45, 2.75) is 19.9 Å². The maximum atomic E-state index is 13.6. The molecule has 4 aromatic rings. The summed E-state index contributed by atoms with van der Waals surface area (Å²) in [6, 6.07) is 26.6. The third-order valence-corrected chi connectivity index (χ3v) is 6.94. The molecule has 4 aromatic carbocycles. The zero-order chi connectivity index (χ0) is 25.5. The lowest BCUT2D eigenvalue weighted by molar-refractivity contribution is 0.0365. The van der Waals surface area contributed by atoms with Crippen molar-refractivity contribution < 1.29 is 14.3 Å². The highest BCUT2D eigenvalue weighted by Gasteiger charge is 2.19. The number of benzene rings is 4. The van der Waals surface area contributed by atoms with E-state index in [-0.39, 0.29) is 6.03 Å². The molecule has 1 N–H and O–H groups in total. The molecule has 0 spiro atoms. The fourth-order valence-electron chi connectivity index (χ4n) is 5.04. The van der Waals surface area contributed by atoms with Gasteiger partial charge < -0.3 is 19.7 Å². The molecule has 6 nitrogen and oxygen atoms in total. The molecule has 1 fully saturated rings. The summed E-state index contributed by atoms with van der Waals surface area (Å²) in [6.07, 6.45) is 0.902. The predicted molar refractivity (Wildman–Crippen MR) is 150 cm³/mol. The van der Waals surface area contributed by atoms with Crippen molar-refractivity contribution in [3.8, 4) is 5.75 Å². The van der Waals surface area contributed by atoms with Crippen LogP contribution in [0.25, 0.3) is 21.5 Å². The topological polar surface area (TPSA) is 54.0 Å². The van der Waals surface area contributed by atoms with Gasteiger partial charge in [0.05, 0.1) is 19.8 Å². The Bertz CT molecular complexity index is 1280. The first-order valence-corrected chi connectivity index (χ1v) is 13.2. The van der Waals surface area contributed by atoms with Gasteiger partial charge >= 0.3 is 6.03 Å². The fraction of sp³-hybridized carbons (Fsp3) is 0.323. The molecule has 192 valence electrons. The van der Waals surface area contributed by atoms with Crippen molar-refractivity contribution in [3.05, 3.63) is 84.4 Å². The molecule has 1 heterocycles. The number of carbonyl (C=O) groups excluding carboxylic acids is 1. The van der Waals surface area contributed by atoms with Gasteiger partial charge in [-0.05, 0) is 70.8 Å². The Balaban J connectivity index is 1.40. The number of hydrogen-bond donors (Lipinski definition) is 1. The molecule has 0 saturated carbocycles. The maximum Gasteiger partial charge on any atom is 0.322 e. The van der Waals surface area contributed by atoms with Gasteiger partial charge in [0.15, 0.2) is 0 Å². The second kappa shape index (κ2) is 12.1. The van der Waals surface area contributed by atoms with Crippen LogP contribution in [0.2, 0.25) is 0 Å². The van der Waals surface area contributed by atoms with Gasteiger partial charge in [-0.25, -0.2) is 4.79 Å². The van der Waals surface area contributed by atoms with Gasteiger partial charge in [0.2, 0.25) is 0 Å². The number of nitrogens with zero attached hydrogens (tertiary/aromatic N) is 2. The van der Waals surface area contributed by atoms with Crippen LogP contribution in [-0.2, 0) is 11.3 Å². The van der Waals surface area contributed by atoms with E-state index in [1.807, 2.05) is 36.1 Å². The molecule has 0 aliphatic carbocycles. The van der Waals surface area contributed by atoms with Crippen molar-refractivity contribution in [2.75, 3.05) is 51.3 Å². The zero-order valence-electron chi connectivity index (χ0n) is 21.5. The van der Waals surface area contributed by atoms with Gasteiger partial charge in [-0.2, -0.15) is 0 Å². The van der Waals surface area contributed by atoms with Crippen molar-refractivity contribution >= 4 is 33.3 Å². The molecule has 0 aromatic heterocycles. The van der Waals surface area contributed by atoms with Gasteiger partial charge in [-0.3, -0.25) is 4.90 Å². The van der Waals surface area contributed by atoms with E-state index in [0.717, 1.165) is 50.7 Å². The Morgan fingerprint density at radius 3 is 2.24 bits per heavy atom. The summed E-state index contributed by atoms with van der Waals surface area (Å²) in [5.41, 5.74) is 1.94. The minimum atomic E-state index is -0.0943. The van der Waals surface area contributed by atoms with Gasteiger partial charge in [-0.15, -0.1) is 0 Å². The standard InChI is InChI=1S/C31H35N3O3/c1-2-37-27-14-12-26(13-15-27)32-31(35)34(17-7-16-33-18-20-36-21-19-33)23-30-28-10-5-3-8-24(28)22-25-9-4-6-11-29(25)30/h3-6,8-15,22H,2,7,16-21,23H2,1H3,(H,32,35). The molecule has 1 saturated heterocycles. The number of amides is 2. The number of morpholine rings is 1. The second-order valence-corrected chi connectivity index (χ2v) is 9.41. The first-order chi connectivity index (χ1) is 18.2. The molecule has 0 radical (unpaired) electrons. The molecule has 6 heteroatoms. The normalized spacial score (nSPS) is 14.1. The smallest absolute Gasteiger partial charge is 0.322 e. The summed E-state index contributed by atoms with van der Waals surface area (Å²) in [6.45, 7) is 8.19. The lowest BCUT2D eigenvalue weighted by Gasteiger charge is -2.29. The summed E-state index contributed by atoms with van der Waals surface area (Å²) in [7, 11) is 0. The van der Waals surface area contributed by atoms with E-state index in [2.05, 4.69) is 64.8 Å². The zero-order valence-corrected chi connectivity index (χ0v) is 21.5. The Hall–Kier alpha value is -3.61. The van der Waals surface area contributed by atoms with Crippen LogP contribution in [0.5, 0.6) is 5.75 Å². The molecular weight excluding hydrogens is 462 g/mol. The first kappa shape index (κ1) is 25.1. The van der Waals surface area contributed by atoms with E-state index in [0.29, 0.717) is 19.7 Å². The van der Waals surface area contributed by atoms with Crippen LogP contribution >= 0.6 is 0 Å². The van der Waals surface area contributed by atoms with Crippen LogP contribution in [-0.4, -0.2) is 61.8 Å². The number of rotatable bonds is 9. The Morgan fingerprint density at radius 1 is 0.946 bits per heavy atom. The third kappa shape index (κ3) is 6.21. The lowest BCUT2D eigenvalue weighted by atomic mass is 9.96. The second-order valence-electron chi connectivity index (χ2n) is 9.41. The van der Waals surface area contributed by atoms with Crippen LogP contribution in [0.3, 0.4) is 0 Å². The highest BCUT2D eigenvalue weighted by Crippen LogP contribution is 2.30. The first-order valence-electron chi connectivity index (χ1n) is 13.2. The van der Waals surface area contributed by atoms with Gasteiger partial charge in [-0.1, -0.05) is 48.5 Å². The molecular formula is C31H35N3O3. The summed E-state index contributed by atoms with van der Waals surface area (Å²) in [5, 5.41) is 7.87. The van der Waals surface area contributed by atoms with Crippen LogP contribution in [0.1, 0.15) is 18.9 Å². The molecule has 0 atom stereocenters. The van der Waals surface area contributed by atoms with Crippen molar-refractivity contribution in [1.29, 1.82) is 0 Å². The van der Waals surface area contributed by atoms with E-state index < -0.39 is 0 Å². The third-order valence-electron chi connectivity index (χ3n) is 6.94. The Morgan fingerprint density at radius 2 is 1.59 bits per heavy atom. The fourth-order valence-corrected chi connectivity index (χ4v) is 5.04.